The molecule has 0 amide bonds. The molecule has 1 nitrogen and oxygen atoms in total. The summed E-state index contributed by atoms with van der Waals surface area (Å²) in [4.78, 5) is 0. The topological polar surface area (TPSA) is 26.0 Å². The second-order valence-corrected chi connectivity index (χ2v) is 2.78. The molecule has 0 saturated heterocycles. The van der Waals surface area contributed by atoms with Gasteiger partial charge in [-0.05, 0) is 11.5 Å². The van der Waals surface area contributed by atoms with Gasteiger partial charge in [-0.2, -0.15) is 0 Å². The van der Waals surface area contributed by atoms with E-state index in [-0.39, 0.29) is 0 Å². The van der Waals surface area contributed by atoms with Gasteiger partial charge < -0.3 is 5.73 Å². The highest BCUT2D eigenvalue weighted by Crippen LogP contribution is 1.99. The molecule has 0 aliphatic heterocycles. The third-order valence-electron chi connectivity index (χ3n) is 1.26. The lowest BCUT2D eigenvalue weighted by Gasteiger charge is -1.96. The van der Waals surface area contributed by atoms with Gasteiger partial charge in [-0.1, -0.05) is 44.7 Å². The van der Waals surface area contributed by atoms with Crippen molar-refractivity contribution in [2.75, 3.05) is 6.54 Å². The zero-order chi connectivity index (χ0) is 8.69. The summed E-state index contributed by atoms with van der Waals surface area (Å²) in [5.41, 5.74) is 6.60. The van der Waals surface area contributed by atoms with E-state index in [1.165, 1.54) is 0 Å². The molecule has 62 valence electrons. The van der Waals surface area contributed by atoms with Crippen LogP contribution in [0.3, 0.4) is 0 Å². The van der Waals surface area contributed by atoms with Crippen LogP contribution in [0.5, 0.6) is 0 Å². The summed E-state index contributed by atoms with van der Waals surface area (Å²) in [6, 6.07) is 0. The van der Waals surface area contributed by atoms with Crippen LogP contribution in [0.15, 0.2) is 36.5 Å². The van der Waals surface area contributed by atoms with Gasteiger partial charge in [0.05, 0.1) is 0 Å². The number of nitrogens with two attached hydrogens (primary N) is 1. The zero-order valence-electron chi connectivity index (χ0n) is 7.38. The summed E-state index contributed by atoms with van der Waals surface area (Å²) < 4.78 is 0. The molecule has 0 aromatic heterocycles. The predicted molar refractivity (Wildman–Crippen MR) is 51.3 cm³/mol. The lowest BCUT2D eigenvalue weighted by Crippen LogP contribution is -2.00. The molecular formula is C10H17N. The van der Waals surface area contributed by atoms with Crippen molar-refractivity contribution < 1.29 is 0 Å². The first-order valence-corrected chi connectivity index (χ1v) is 3.90. The van der Waals surface area contributed by atoms with Crippen LogP contribution in [-0.2, 0) is 0 Å². The fourth-order valence-electron chi connectivity index (χ4n) is 0.659. The Morgan fingerprint density at radius 2 is 2.18 bits per heavy atom. The smallest absolute Gasteiger partial charge is 0.0177 e. The van der Waals surface area contributed by atoms with E-state index in [1.54, 1.807) is 6.08 Å². The van der Waals surface area contributed by atoms with Gasteiger partial charge in [-0.25, -0.2) is 0 Å². The summed E-state index contributed by atoms with van der Waals surface area (Å²) >= 11 is 0. The van der Waals surface area contributed by atoms with E-state index >= 15 is 0 Å². The first-order chi connectivity index (χ1) is 5.20. The molecule has 0 bridgehead atoms. The number of rotatable bonds is 4. The van der Waals surface area contributed by atoms with Gasteiger partial charge in [0.1, 0.15) is 0 Å². The molecule has 0 spiro atoms. The van der Waals surface area contributed by atoms with Crippen molar-refractivity contribution >= 4 is 0 Å². The minimum atomic E-state index is 0.578. The highest BCUT2D eigenvalue weighted by Gasteiger charge is 1.87. The minimum Gasteiger partial charge on any atom is -0.326 e. The standard InChI is InChI=1S/C10H17N/c1-4-5-10(8-11)7-6-9(2)3/h4-7,9H,1,8,11H2,2-3H3/b7-6-,10-5+. The third kappa shape index (κ3) is 5.62. The molecule has 0 aromatic rings. The Labute approximate surface area is 69.3 Å². The monoisotopic (exact) mass is 151 g/mol. The van der Waals surface area contributed by atoms with Crippen molar-refractivity contribution in [1.82, 2.24) is 0 Å². The van der Waals surface area contributed by atoms with Crippen LogP contribution in [0.25, 0.3) is 0 Å². The van der Waals surface area contributed by atoms with Crippen LogP contribution in [0.4, 0.5) is 0 Å². The van der Waals surface area contributed by atoms with Crippen LogP contribution >= 0.6 is 0 Å². The van der Waals surface area contributed by atoms with Crippen molar-refractivity contribution in [2.45, 2.75) is 13.8 Å². The first-order valence-electron chi connectivity index (χ1n) is 3.90. The van der Waals surface area contributed by atoms with Crippen LogP contribution in [0, 0.1) is 5.92 Å². The van der Waals surface area contributed by atoms with E-state index in [9.17, 15) is 0 Å². The Morgan fingerprint density at radius 3 is 2.55 bits per heavy atom. The van der Waals surface area contributed by atoms with E-state index in [1.807, 2.05) is 12.2 Å². The summed E-state index contributed by atoms with van der Waals surface area (Å²) in [6.07, 6.45) is 7.86. The van der Waals surface area contributed by atoms with Gasteiger partial charge in [0.25, 0.3) is 0 Å². The van der Waals surface area contributed by atoms with Crippen molar-refractivity contribution in [3.8, 4) is 0 Å². The second-order valence-electron chi connectivity index (χ2n) is 2.78. The Hall–Kier alpha value is -0.820. The molecule has 0 aromatic carbocycles. The fourth-order valence-corrected chi connectivity index (χ4v) is 0.659. The molecule has 0 saturated carbocycles. The minimum absolute atomic E-state index is 0.578. The highest BCUT2D eigenvalue weighted by molar-refractivity contribution is 5.24. The Morgan fingerprint density at radius 1 is 1.55 bits per heavy atom. The largest absolute Gasteiger partial charge is 0.326 e. The maximum Gasteiger partial charge on any atom is 0.0177 e. The van der Waals surface area contributed by atoms with E-state index in [0.29, 0.717) is 12.5 Å². The lowest BCUT2D eigenvalue weighted by atomic mass is 10.1. The van der Waals surface area contributed by atoms with Crippen LogP contribution in [-0.4, -0.2) is 6.54 Å². The molecule has 0 radical (unpaired) electrons. The summed E-state index contributed by atoms with van der Waals surface area (Å²) in [5.74, 6) is 0.578. The lowest BCUT2D eigenvalue weighted by molar-refractivity contribution is 0.830. The summed E-state index contributed by atoms with van der Waals surface area (Å²) in [5, 5.41) is 0. The molecule has 0 fully saturated rings. The van der Waals surface area contributed by atoms with E-state index < -0.39 is 0 Å². The Kier molecular flexibility index (Phi) is 5.49. The average molecular weight is 151 g/mol. The highest BCUT2D eigenvalue weighted by atomic mass is 14.5. The Balaban J connectivity index is 4.07. The quantitative estimate of drug-likeness (QED) is 0.613. The average Bonchev–Trinajstić information content (AvgIpc) is 1.97. The van der Waals surface area contributed by atoms with E-state index in [2.05, 4.69) is 26.5 Å². The molecule has 0 atom stereocenters. The Bertz CT molecular complexity index is 164. The molecule has 1 heteroatoms. The SMILES string of the molecule is C=C/C=C(\C=C/C(C)C)CN. The summed E-state index contributed by atoms with van der Waals surface area (Å²) in [7, 11) is 0. The molecule has 0 heterocycles. The number of hydrogen-bond acceptors (Lipinski definition) is 1. The first kappa shape index (κ1) is 10.2. The molecule has 0 aliphatic rings. The number of allylic oxidation sites excluding steroid dienone is 3. The van der Waals surface area contributed by atoms with Crippen molar-refractivity contribution in [2.24, 2.45) is 11.7 Å². The zero-order valence-corrected chi connectivity index (χ0v) is 7.38. The van der Waals surface area contributed by atoms with Gasteiger partial charge in [-0.3, -0.25) is 0 Å². The number of hydrogen-bond donors (Lipinski definition) is 1. The van der Waals surface area contributed by atoms with E-state index in [4.69, 9.17) is 5.73 Å². The summed E-state index contributed by atoms with van der Waals surface area (Å²) in [6.45, 7) is 8.46. The predicted octanol–water partition coefficient (Wildman–Crippen LogP) is 2.27. The molecule has 11 heavy (non-hydrogen) atoms. The van der Waals surface area contributed by atoms with Gasteiger partial charge in [0.2, 0.25) is 0 Å². The fraction of sp³-hybridized carbons (Fsp3) is 0.400. The van der Waals surface area contributed by atoms with Gasteiger partial charge in [0.15, 0.2) is 0 Å². The van der Waals surface area contributed by atoms with Crippen molar-refractivity contribution in [1.29, 1.82) is 0 Å². The molecular weight excluding hydrogens is 134 g/mol. The van der Waals surface area contributed by atoms with Crippen molar-refractivity contribution in [3.05, 3.63) is 36.5 Å². The second kappa shape index (κ2) is 5.93. The van der Waals surface area contributed by atoms with E-state index in [0.717, 1.165) is 5.57 Å². The van der Waals surface area contributed by atoms with Crippen LogP contribution < -0.4 is 5.73 Å². The maximum atomic E-state index is 5.48. The van der Waals surface area contributed by atoms with Gasteiger partial charge >= 0.3 is 0 Å². The molecule has 0 aliphatic carbocycles. The van der Waals surface area contributed by atoms with Crippen LogP contribution in [0.2, 0.25) is 0 Å². The third-order valence-corrected chi connectivity index (χ3v) is 1.26. The molecule has 0 rings (SSSR count). The van der Waals surface area contributed by atoms with Gasteiger partial charge in [-0.15, -0.1) is 0 Å². The molecule has 0 unspecified atom stereocenters. The normalized spacial score (nSPS) is 12.9. The molecule has 2 N–H and O–H groups in total. The van der Waals surface area contributed by atoms with Crippen molar-refractivity contribution in [3.63, 3.8) is 0 Å². The maximum absolute atomic E-state index is 5.48. The van der Waals surface area contributed by atoms with Gasteiger partial charge in [0, 0.05) is 6.54 Å². The van der Waals surface area contributed by atoms with Crippen LogP contribution in [0.1, 0.15) is 13.8 Å².